The van der Waals surface area contributed by atoms with Crippen LogP contribution in [0.15, 0.2) is 47.8 Å². The summed E-state index contributed by atoms with van der Waals surface area (Å²) in [6.45, 7) is 0.475. The molecule has 1 amide bonds. The molecule has 2 heterocycles. The zero-order valence-corrected chi connectivity index (χ0v) is 18.0. The number of aromatic nitrogens is 3. The summed E-state index contributed by atoms with van der Waals surface area (Å²) in [7, 11) is 3.19. The summed E-state index contributed by atoms with van der Waals surface area (Å²) in [5.41, 5.74) is 2.35. The van der Waals surface area contributed by atoms with Crippen molar-refractivity contribution in [1.29, 1.82) is 0 Å². The minimum absolute atomic E-state index is 0.159. The highest BCUT2D eigenvalue weighted by molar-refractivity contribution is 7.15. The van der Waals surface area contributed by atoms with E-state index in [0.717, 1.165) is 16.2 Å². The van der Waals surface area contributed by atoms with Crippen molar-refractivity contribution in [2.24, 2.45) is 0 Å². The maximum absolute atomic E-state index is 12.3. The maximum atomic E-state index is 12.3. The number of nitrogens with one attached hydrogen (secondary N) is 1. The molecule has 0 bridgehead atoms. The van der Waals surface area contributed by atoms with E-state index in [9.17, 15) is 4.79 Å². The van der Waals surface area contributed by atoms with Crippen molar-refractivity contribution in [2.75, 3.05) is 20.8 Å². The van der Waals surface area contributed by atoms with Crippen molar-refractivity contribution in [3.8, 4) is 22.9 Å². The van der Waals surface area contributed by atoms with Gasteiger partial charge in [0, 0.05) is 34.5 Å². The number of ether oxygens (including phenoxy) is 2. The molecule has 0 spiro atoms. The van der Waals surface area contributed by atoms with Gasteiger partial charge in [0.25, 0.3) is 5.91 Å². The molecule has 2 aromatic heterocycles. The van der Waals surface area contributed by atoms with E-state index in [1.165, 1.54) is 11.3 Å². The third kappa shape index (κ3) is 4.10. The Hall–Kier alpha value is -3.10. The standard InChI is InChI=1S/C21H19ClN4O3S/c1-28-17-7-6-13(11-18(17)29-2)19-24-21-26(25-19)16(12-30-21)8-9-23-20(27)14-4-3-5-15(22)10-14/h3-7,10-12H,8-9H2,1-2H3,(H,23,27). The lowest BCUT2D eigenvalue weighted by Gasteiger charge is -2.07. The lowest BCUT2D eigenvalue weighted by molar-refractivity contribution is 0.0954. The number of thiazole rings is 1. The van der Waals surface area contributed by atoms with E-state index in [2.05, 4.69) is 15.4 Å². The first-order chi connectivity index (χ1) is 14.6. The van der Waals surface area contributed by atoms with Crippen LogP contribution in [0.4, 0.5) is 0 Å². The summed E-state index contributed by atoms with van der Waals surface area (Å²) in [5.74, 6) is 1.72. The molecule has 0 saturated heterocycles. The number of halogens is 1. The third-order valence-electron chi connectivity index (χ3n) is 4.55. The first-order valence-electron chi connectivity index (χ1n) is 9.18. The molecular weight excluding hydrogens is 424 g/mol. The number of carbonyl (C=O) groups is 1. The van der Waals surface area contributed by atoms with Crippen molar-refractivity contribution in [3.63, 3.8) is 0 Å². The van der Waals surface area contributed by atoms with Gasteiger partial charge in [-0.3, -0.25) is 4.79 Å². The Morgan fingerprint density at radius 3 is 2.77 bits per heavy atom. The zero-order valence-electron chi connectivity index (χ0n) is 16.4. The zero-order chi connectivity index (χ0) is 21.1. The molecule has 154 valence electrons. The number of hydrogen-bond donors (Lipinski definition) is 1. The third-order valence-corrected chi connectivity index (χ3v) is 5.65. The first kappa shape index (κ1) is 20.2. The van der Waals surface area contributed by atoms with Crippen LogP contribution in [-0.2, 0) is 6.42 Å². The minimum atomic E-state index is -0.159. The van der Waals surface area contributed by atoms with Gasteiger partial charge >= 0.3 is 0 Å². The molecule has 0 radical (unpaired) electrons. The molecule has 0 aliphatic heterocycles. The van der Waals surface area contributed by atoms with Crippen molar-refractivity contribution in [1.82, 2.24) is 19.9 Å². The lowest BCUT2D eigenvalue weighted by atomic mass is 10.2. The highest BCUT2D eigenvalue weighted by Gasteiger charge is 2.14. The van der Waals surface area contributed by atoms with Gasteiger partial charge in [-0.05, 0) is 36.4 Å². The number of benzene rings is 2. The number of hydrogen-bond acceptors (Lipinski definition) is 6. The highest BCUT2D eigenvalue weighted by atomic mass is 35.5. The number of fused-ring (bicyclic) bond motifs is 1. The molecule has 0 aliphatic rings. The van der Waals surface area contributed by atoms with Gasteiger partial charge in [0.15, 0.2) is 17.3 Å². The number of methoxy groups -OCH3 is 2. The highest BCUT2D eigenvalue weighted by Crippen LogP contribution is 2.31. The van der Waals surface area contributed by atoms with Gasteiger partial charge in [-0.25, -0.2) is 4.52 Å². The molecule has 2 aromatic carbocycles. The van der Waals surface area contributed by atoms with Gasteiger partial charge in [-0.15, -0.1) is 16.4 Å². The second kappa shape index (κ2) is 8.73. The van der Waals surface area contributed by atoms with Crippen LogP contribution in [0.25, 0.3) is 16.3 Å². The van der Waals surface area contributed by atoms with E-state index in [4.69, 9.17) is 21.1 Å². The Labute approximate surface area is 182 Å². The fourth-order valence-electron chi connectivity index (χ4n) is 3.03. The lowest BCUT2D eigenvalue weighted by Crippen LogP contribution is -2.26. The summed E-state index contributed by atoms with van der Waals surface area (Å²) < 4.78 is 12.5. The molecule has 9 heteroatoms. The largest absolute Gasteiger partial charge is 0.493 e. The average molecular weight is 443 g/mol. The molecule has 0 fully saturated rings. The Balaban J connectivity index is 1.47. The van der Waals surface area contributed by atoms with Gasteiger partial charge in [0.1, 0.15) is 0 Å². The summed E-state index contributed by atoms with van der Waals surface area (Å²) in [6, 6.07) is 12.4. The van der Waals surface area contributed by atoms with E-state index in [0.29, 0.717) is 40.9 Å². The number of nitrogens with zero attached hydrogens (tertiary/aromatic N) is 3. The molecule has 30 heavy (non-hydrogen) atoms. The Morgan fingerprint density at radius 1 is 1.17 bits per heavy atom. The van der Waals surface area contributed by atoms with Crippen LogP contribution in [0.1, 0.15) is 16.1 Å². The summed E-state index contributed by atoms with van der Waals surface area (Å²) >= 11 is 7.45. The Morgan fingerprint density at radius 2 is 2.00 bits per heavy atom. The molecular formula is C21H19ClN4O3S. The number of rotatable bonds is 7. The van der Waals surface area contributed by atoms with Crippen LogP contribution in [0, 0.1) is 0 Å². The quantitative estimate of drug-likeness (QED) is 0.466. The second-order valence-electron chi connectivity index (χ2n) is 6.44. The van der Waals surface area contributed by atoms with Crippen LogP contribution in [0.5, 0.6) is 11.5 Å². The van der Waals surface area contributed by atoms with Crippen LogP contribution < -0.4 is 14.8 Å². The number of carbonyl (C=O) groups excluding carboxylic acids is 1. The van der Waals surface area contributed by atoms with E-state index < -0.39 is 0 Å². The van der Waals surface area contributed by atoms with E-state index in [1.807, 2.05) is 28.1 Å². The smallest absolute Gasteiger partial charge is 0.251 e. The van der Waals surface area contributed by atoms with Crippen LogP contribution >= 0.6 is 22.9 Å². The topological polar surface area (TPSA) is 77.8 Å². The minimum Gasteiger partial charge on any atom is -0.493 e. The van der Waals surface area contributed by atoms with E-state index in [1.54, 1.807) is 38.5 Å². The molecule has 1 N–H and O–H groups in total. The van der Waals surface area contributed by atoms with Crippen LogP contribution in [0.2, 0.25) is 5.02 Å². The predicted molar refractivity (Wildman–Crippen MR) is 117 cm³/mol. The molecule has 0 aliphatic carbocycles. The van der Waals surface area contributed by atoms with Gasteiger partial charge in [-0.1, -0.05) is 17.7 Å². The molecule has 0 atom stereocenters. The summed E-state index contributed by atoms with van der Waals surface area (Å²) in [4.78, 5) is 17.7. The van der Waals surface area contributed by atoms with E-state index >= 15 is 0 Å². The molecule has 4 aromatic rings. The second-order valence-corrected chi connectivity index (χ2v) is 7.72. The van der Waals surface area contributed by atoms with Crippen LogP contribution in [0.3, 0.4) is 0 Å². The van der Waals surface area contributed by atoms with E-state index in [-0.39, 0.29) is 5.91 Å². The fraction of sp³-hybridized carbons (Fsp3) is 0.190. The van der Waals surface area contributed by atoms with Gasteiger partial charge < -0.3 is 14.8 Å². The Kier molecular flexibility index (Phi) is 5.87. The Bertz CT molecular complexity index is 1200. The first-order valence-corrected chi connectivity index (χ1v) is 10.4. The van der Waals surface area contributed by atoms with Crippen molar-refractivity contribution in [2.45, 2.75) is 6.42 Å². The SMILES string of the molecule is COc1ccc(-c2nc3scc(CCNC(=O)c4cccc(Cl)c4)n3n2)cc1OC. The summed E-state index contributed by atoms with van der Waals surface area (Å²) in [6.07, 6.45) is 0.626. The van der Waals surface area contributed by atoms with Gasteiger partial charge in [0.05, 0.1) is 19.9 Å². The van der Waals surface area contributed by atoms with Gasteiger partial charge in [-0.2, -0.15) is 4.98 Å². The maximum Gasteiger partial charge on any atom is 0.251 e. The van der Waals surface area contributed by atoms with Crippen LogP contribution in [-0.4, -0.2) is 41.3 Å². The van der Waals surface area contributed by atoms with Crippen molar-refractivity contribution < 1.29 is 14.3 Å². The van der Waals surface area contributed by atoms with Crippen molar-refractivity contribution in [3.05, 3.63) is 64.1 Å². The monoisotopic (exact) mass is 442 g/mol. The molecule has 4 rings (SSSR count). The predicted octanol–water partition coefficient (Wildman–Crippen LogP) is 4.10. The fourth-order valence-corrected chi connectivity index (χ4v) is 4.08. The number of amides is 1. The van der Waals surface area contributed by atoms with Crippen molar-refractivity contribution >= 4 is 33.8 Å². The summed E-state index contributed by atoms with van der Waals surface area (Å²) in [5, 5.41) is 10.1. The molecule has 0 unspecified atom stereocenters. The molecule has 0 saturated carbocycles. The normalized spacial score (nSPS) is 10.9. The van der Waals surface area contributed by atoms with Gasteiger partial charge in [0.2, 0.25) is 4.96 Å². The average Bonchev–Trinajstić information content (AvgIpc) is 3.35. The molecule has 7 nitrogen and oxygen atoms in total.